The maximum Gasteiger partial charge on any atom is 0.340 e. The smallest absolute Gasteiger partial charge is 0.340 e. The van der Waals surface area contributed by atoms with E-state index in [-0.39, 0.29) is 5.97 Å². The van der Waals surface area contributed by atoms with Crippen molar-refractivity contribution in [2.24, 2.45) is 0 Å². The van der Waals surface area contributed by atoms with Gasteiger partial charge in [0.1, 0.15) is 0 Å². The van der Waals surface area contributed by atoms with Crippen molar-refractivity contribution in [3.63, 3.8) is 0 Å². The Kier molecular flexibility index (Phi) is 4.69. The summed E-state index contributed by atoms with van der Waals surface area (Å²) in [6.07, 6.45) is 1.86. The second kappa shape index (κ2) is 6.75. The number of fused-ring (bicyclic) bond motifs is 3. The van der Waals surface area contributed by atoms with Crippen molar-refractivity contribution in [1.29, 1.82) is 0 Å². The molecule has 0 saturated carbocycles. The molecule has 0 amide bonds. The highest BCUT2D eigenvalue weighted by molar-refractivity contribution is 7.85. The third kappa shape index (κ3) is 2.95. The van der Waals surface area contributed by atoms with E-state index in [2.05, 4.69) is 0 Å². The molecule has 1 unspecified atom stereocenters. The average Bonchev–Trinajstić information content (AvgIpc) is 2.92. The van der Waals surface area contributed by atoms with Crippen molar-refractivity contribution >= 4 is 33.2 Å². The molecule has 0 saturated heterocycles. The van der Waals surface area contributed by atoms with Gasteiger partial charge in [0.15, 0.2) is 0 Å². The second-order valence-corrected chi connectivity index (χ2v) is 7.43. The number of rotatable bonds is 5. The van der Waals surface area contributed by atoms with Crippen LogP contribution in [0.5, 0.6) is 0 Å². The van der Waals surface area contributed by atoms with Crippen LogP contribution in [0.2, 0.25) is 0 Å². The van der Waals surface area contributed by atoms with Crippen molar-refractivity contribution in [1.82, 2.24) is 9.30 Å². The summed E-state index contributed by atoms with van der Waals surface area (Å²) in [5, 5.41) is 0.834. The molecule has 1 aromatic carbocycles. The summed E-state index contributed by atoms with van der Waals surface area (Å²) in [5.74, 6) is 0.205. The number of methoxy groups -OCH3 is 1. The van der Waals surface area contributed by atoms with Crippen LogP contribution in [0.15, 0.2) is 47.5 Å². The number of carbonyl (C=O) groups excluding carboxylic acids is 1. The average molecular weight is 344 g/mol. The Bertz CT molecular complexity index is 931. The molecule has 2 heterocycles. The van der Waals surface area contributed by atoms with Crippen LogP contribution in [0, 0.1) is 0 Å². The lowest BCUT2D eigenvalue weighted by atomic mass is 10.1. The van der Waals surface area contributed by atoms with Crippen LogP contribution in [-0.4, -0.2) is 53.0 Å². The number of nitrogens with zero attached hydrogens (tertiary/aromatic N) is 2. The lowest BCUT2D eigenvalue weighted by Crippen LogP contribution is -2.19. The molecular weight excluding hydrogens is 324 g/mol. The molecule has 5 nitrogen and oxygen atoms in total. The Hall–Kier alpha value is -2.18. The summed E-state index contributed by atoms with van der Waals surface area (Å²) in [7, 11) is 4.22. The van der Waals surface area contributed by atoms with Crippen LogP contribution in [0.4, 0.5) is 0 Å². The minimum Gasteiger partial charge on any atom is -0.465 e. The molecule has 24 heavy (non-hydrogen) atoms. The maximum atomic E-state index is 12.5. The van der Waals surface area contributed by atoms with E-state index in [0.29, 0.717) is 11.3 Å². The Balaban J connectivity index is 2.15. The molecule has 0 aliphatic heterocycles. The summed E-state index contributed by atoms with van der Waals surface area (Å²) in [4.78, 5) is 15.0. The SMILES string of the molecule is COC(=O)c1c2ccccc2n2cc(S(=O)CCN(C)C)ccc12. The number of esters is 1. The number of para-hydroxylation sites is 1. The predicted molar refractivity (Wildman–Crippen MR) is 96.1 cm³/mol. The molecule has 0 aliphatic carbocycles. The topological polar surface area (TPSA) is 51.0 Å². The molecule has 0 aliphatic rings. The minimum absolute atomic E-state index is 0.366. The monoisotopic (exact) mass is 344 g/mol. The van der Waals surface area contributed by atoms with E-state index in [9.17, 15) is 9.00 Å². The minimum atomic E-state index is -1.08. The first-order valence-corrected chi connectivity index (χ1v) is 8.99. The molecule has 0 radical (unpaired) electrons. The van der Waals surface area contributed by atoms with Crippen LogP contribution < -0.4 is 0 Å². The number of pyridine rings is 1. The molecule has 0 fully saturated rings. The molecule has 6 heteroatoms. The number of aromatic nitrogens is 1. The number of hydrogen-bond acceptors (Lipinski definition) is 4. The van der Waals surface area contributed by atoms with Crippen LogP contribution in [0.25, 0.3) is 16.4 Å². The van der Waals surface area contributed by atoms with Crippen molar-refractivity contribution in [3.8, 4) is 0 Å². The van der Waals surface area contributed by atoms with Gasteiger partial charge in [-0.05, 0) is 32.3 Å². The number of ether oxygens (including phenoxy) is 1. The summed E-state index contributed by atoms with van der Waals surface area (Å²) in [5.41, 5.74) is 2.20. The first kappa shape index (κ1) is 16.7. The quantitative estimate of drug-likeness (QED) is 0.668. The van der Waals surface area contributed by atoms with E-state index in [1.54, 1.807) is 0 Å². The van der Waals surface area contributed by atoms with Gasteiger partial charge in [-0.25, -0.2) is 4.79 Å². The van der Waals surface area contributed by atoms with E-state index < -0.39 is 10.8 Å². The largest absolute Gasteiger partial charge is 0.465 e. The van der Waals surface area contributed by atoms with Crippen molar-refractivity contribution in [3.05, 3.63) is 48.2 Å². The van der Waals surface area contributed by atoms with E-state index >= 15 is 0 Å². The van der Waals surface area contributed by atoms with Gasteiger partial charge in [-0.3, -0.25) is 4.21 Å². The molecule has 3 aromatic rings. The molecule has 0 spiro atoms. The Morgan fingerprint density at radius 1 is 1.17 bits per heavy atom. The molecule has 0 N–H and O–H groups in total. The molecular formula is C18H20N2O3S. The molecule has 2 aromatic heterocycles. The van der Waals surface area contributed by atoms with Gasteiger partial charge < -0.3 is 14.0 Å². The van der Waals surface area contributed by atoms with Crippen molar-refractivity contribution in [2.75, 3.05) is 33.5 Å². The highest BCUT2D eigenvalue weighted by atomic mass is 32.2. The zero-order valence-electron chi connectivity index (χ0n) is 14.0. The summed E-state index contributed by atoms with van der Waals surface area (Å²) >= 11 is 0. The predicted octanol–water partition coefficient (Wildman–Crippen LogP) is 2.55. The number of benzene rings is 1. The highest BCUT2D eigenvalue weighted by Crippen LogP contribution is 2.28. The zero-order chi connectivity index (χ0) is 17.3. The maximum absolute atomic E-state index is 12.5. The van der Waals surface area contributed by atoms with Gasteiger partial charge in [-0.2, -0.15) is 0 Å². The lowest BCUT2D eigenvalue weighted by Gasteiger charge is -2.09. The molecule has 0 bridgehead atoms. The summed E-state index contributed by atoms with van der Waals surface area (Å²) in [6.45, 7) is 0.754. The van der Waals surface area contributed by atoms with Gasteiger partial charge in [0.05, 0.1) is 39.4 Å². The Morgan fingerprint density at radius 3 is 2.62 bits per heavy atom. The third-order valence-corrected chi connectivity index (χ3v) is 5.31. The normalized spacial score (nSPS) is 12.8. The van der Waals surface area contributed by atoms with Crippen LogP contribution in [0.3, 0.4) is 0 Å². The first-order chi connectivity index (χ1) is 11.5. The van der Waals surface area contributed by atoms with Gasteiger partial charge in [0.2, 0.25) is 0 Å². The van der Waals surface area contributed by atoms with E-state index in [4.69, 9.17) is 4.74 Å². The highest BCUT2D eigenvalue weighted by Gasteiger charge is 2.19. The van der Waals surface area contributed by atoms with Crippen molar-refractivity contribution in [2.45, 2.75) is 4.90 Å². The fourth-order valence-electron chi connectivity index (χ4n) is 2.75. The van der Waals surface area contributed by atoms with Gasteiger partial charge in [0.25, 0.3) is 0 Å². The van der Waals surface area contributed by atoms with Gasteiger partial charge >= 0.3 is 5.97 Å². The second-order valence-electron chi connectivity index (χ2n) is 5.86. The third-order valence-electron chi connectivity index (χ3n) is 3.99. The fourth-order valence-corrected chi connectivity index (χ4v) is 3.96. The van der Waals surface area contributed by atoms with E-state index in [0.717, 1.165) is 27.9 Å². The van der Waals surface area contributed by atoms with Gasteiger partial charge in [-0.1, -0.05) is 18.2 Å². The van der Waals surface area contributed by atoms with E-state index in [1.807, 2.05) is 66.0 Å². The van der Waals surface area contributed by atoms with Gasteiger partial charge in [-0.15, -0.1) is 0 Å². The fraction of sp³-hybridized carbons (Fsp3) is 0.278. The summed E-state index contributed by atoms with van der Waals surface area (Å²) in [6, 6.07) is 11.3. The summed E-state index contributed by atoms with van der Waals surface area (Å²) < 4.78 is 19.4. The molecule has 3 rings (SSSR count). The van der Waals surface area contributed by atoms with Crippen LogP contribution in [-0.2, 0) is 15.5 Å². The van der Waals surface area contributed by atoms with Crippen molar-refractivity contribution < 1.29 is 13.7 Å². The zero-order valence-corrected chi connectivity index (χ0v) is 14.8. The Morgan fingerprint density at radius 2 is 1.92 bits per heavy atom. The standard InChI is InChI=1S/C18H20N2O3S/c1-19(2)10-11-24(22)13-8-9-16-17(18(21)23-3)14-6-4-5-7-15(14)20(16)12-13/h4-9,12H,10-11H2,1-3H3. The Labute approximate surface area is 143 Å². The lowest BCUT2D eigenvalue weighted by molar-refractivity contribution is 0.0605. The first-order valence-electron chi connectivity index (χ1n) is 7.67. The molecule has 1 atom stereocenters. The van der Waals surface area contributed by atoms with E-state index in [1.165, 1.54) is 7.11 Å². The number of carbonyl (C=O) groups is 1. The van der Waals surface area contributed by atoms with Crippen LogP contribution in [0.1, 0.15) is 10.4 Å². The number of hydrogen-bond donors (Lipinski definition) is 0. The van der Waals surface area contributed by atoms with Gasteiger partial charge in [0, 0.05) is 23.9 Å². The van der Waals surface area contributed by atoms with Crippen LogP contribution >= 0.6 is 0 Å². The molecule has 126 valence electrons.